The Hall–Kier alpha value is -2.60. The van der Waals surface area contributed by atoms with Crippen LogP contribution in [0.25, 0.3) is 0 Å². The van der Waals surface area contributed by atoms with Crippen molar-refractivity contribution in [3.8, 4) is 5.75 Å². The van der Waals surface area contributed by atoms with Crippen LogP contribution in [0, 0.1) is 0 Å². The van der Waals surface area contributed by atoms with E-state index < -0.39 is 0 Å². The summed E-state index contributed by atoms with van der Waals surface area (Å²) in [5.41, 5.74) is 1.87. The summed E-state index contributed by atoms with van der Waals surface area (Å²) in [6.07, 6.45) is 1.64. The lowest BCUT2D eigenvalue weighted by Gasteiger charge is -2.03. The van der Waals surface area contributed by atoms with Crippen LogP contribution >= 0.6 is 11.8 Å². The first kappa shape index (κ1) is 16.3. The zero-order chi connectivity index (χ0) is 16.8. The van der Waals surface area contributed by atoms with Gasteiger partial charge >= 0.3 is 0 Å². The Morgan fingerprint density at radius 1 is 1.17 bits per heavy atom. The van der Waals surface area contributed by atoms with Gasteiger partial charge in [-0.05, 0) is 42.3 Å². The fraction of sp³-hybridized carbons (Fsp3) is 0.167. The number of benzene rings is 2. The van der Waals surface area contributed by atoms with Gasteiger partial charge in [-0.3, -0.25) is 4.79 Å². The Kier molecular flexibility index (Phi) is 5.28. The van der Waals surface area contributed by atoms with Crippen LogP contribution in [-0.2, 0) is 4.79 Å². The number of nitrogens with one attached hydrogen (secondary N) is 1. The predicted molar refractivity (Wildman–Crippen MR) is 97.6 cm³/mol. The second-order valence-electron chi connectivity index (χ2n) is 5.05. The minimum absolute atomic E-state index is 0.0683. The molecule has 1 aliphatic heterocycles. The van der Waals surface area contributed by atoms with Gasteiger partial charge in [-0.1, -0.05) is 42.1 Å². The third-order valence-electron chi connectivity index (χ3n) is 3.35. The molecule has 2 aromatic carbocycles. The maximum atomic E-state index is 12.0. The lowest BCUT2D eigenvalue weighted by molar-refractivity contribution is -0.118. The lowest BCUT2D eigenvalue weighted by atomic mass is 10.1. The van der Waals surface area contributed by atoms with Crippen LogP contribution in [0.2, 0.25) is 0 Å². The normalized spacial score (nSPS) is 19.0. The molecule has 3 rings (SSSR count). The Morgan fingerprint density at radius 2 is 1.92 bits per heavy atom. The van der Waals surface area contributed by atoms with E-state index in [0.717, 1.165) is 16.9 Å². The third-order valence-corrected chi connectivity index (χ3v) is 4.48. The smallest absolute Gasteiger partial charge is 0.244 e. The van der Waals surface area contributed by atoms with Gasteiger partial charge in [0.05, 0.1) is 12.8 Å². The monoisotopic (exact) mass is 339 g/mol. The number of rotatable bonds is 5. The van der Waals surface area contributed by atoms with Crippen LogP contribution < -0.4 is 10.1 Å². The number of hydrogen-bond acceptors (Lipinski definition) is 5. The fourth-order valence-electron chi connectivity index (χ4n) is 2.23. The molecule has 1 saturated heterocycles. The van der Waals surface area contributed by atoms with Crippen molar-refractivity contribution in [2.75, 3.05) is 6.61 Å². The minimum atomic E-state index is -0.273. The Bertz CT molecular complexity index is 758. The molecule has 6 heteroatoms. The van der Waals surface area contributed by atoms with Crippen molar-refractivity contribution in [2.24, 2.45) is 10.2 Å². The molecular weight excluding hydrogens is 322 g/mol. The molecule has 0 saturated carbocycles. The number of hydrogen-bond donors (Lipinski definition) is 1. The summed E-state index contributed by atoms with van der Waals surface area (Å²) in [5, 5.41) is 11.1. The maximum absolute atomic E-state index is 12.0. The first-order chi connectivity index (χ1) is 11.8. The van der Waals surface area contributed by atoms with Gasteiger partial charge in [0.1, 0.15) is 11.0 Å². The van der Waals surface area contributed by atoms with Crippen LogP contribution in [0.3, 0.4) is 0 Å². The molecule has 24 heavy (non-hydrogen) atoms. The fourth-order valence-corrected chi connectivity index (χ4v) is 3.16. The lowest BCUT2D eigenvalue weighted by Crippen LogP contribution is -2.21. The van der Waals surface area contributed by atoms with E-state index in [1.165, 1.54) is 11.8 Å². The van der Waals surface area contributed by atoms with E-state index >= 15 is 0 Å². The number of carbonyl (C=O) groups excluding carboxylic acids is 1. The molecule has 122 valence electrons. The van der Waals surface area contributed by atoms with Crippen LogP contribution in [-0.4, -0.2) is 23.9 Å². The number of nitrogens with zero attached hydrogens (tertiary/aromatic N) is 2. The van der Waals surface area contributed by atoms with E-state index in [1.807, 2.05) is 61.5 Å². The van der Waals surface area contributed by atoms with Gasteiger partial charge in [0.2, 0.25) is 5.91 Å². The second-order valence-corrected chi connectivity index (χ2v) is 6.14. The molecule has 1 atom stereocenters. The van der Waals surface area contributed by atoms with Crippen molar-refractivity contribution in [3.05, 3.63) is 65.7 Å². The highest BCUT2D eigenvalue weighted by atomic mass is 32.2. The molecule has 0 unspecified atom stereocenters. The zero-order valence-corrected chi connectivity index (χ0v) is 14.0. The molecule has 0 spiro atoms. The van der Waals surface area contributed by atoms with Crippen molar-refractivity contribution in [3.63, 3.8) is 0 Å². The Balaban J connectivity index is 1.64. The van der Waals surface area contributed by atoms with Gasteiger partial charge in [-0.25, -0.2) is 0 Å². The second kappa shape index (κ2) is 7.79. The number of amidine groups is 1. The first-order valence-corrected chi connectivity index (χ1v) is 8.50. The van der Waals surface area contributed by atoms with Crippen molar-refractivity contribution >= 4 is 29.1 Å². The number of carbonyl (C=O) groups is 1. The zero-order valence-electron chi connectivity index (χ0n) is 13.2. The predicted octanol–water partition coefficient (Wildman–Crippen LogP) is 3.38. The molecular formula is C18H17N3O2S. The summed E-state index contributed by atoms with van der Waals surface area (Å²) < 4.78 is 5.39. The van der Waals surface area contributed by atoms with Crippen molar-refractivity contribution < 1.29 is 9.53 Å². The van der Waals surface area contributed by atoms with E-state index in [1.54, 1.807) is 6.21 Å². The number of thioether (sulfide) groups is 1. The quantitative estimate of drug-likeness (QED) is 0.671. The highest BCUT2D eigenvalue weighted by Gasteiger charge is 2.31. The molecule has 1 N–H and O–H groups in total. The molecule has 0 aliphatic carbocycles. The van der Waals surface area contributed by atoms with Crippen LogP contribution in [0.5, 0.6) is 5.75 Å². The number of amides is 1. The number of ether oxygens (including phenoxy) is 1. The van der Waals surface area contributed by atoms with Crippen LogP contribution in [0.15, 0.2) is 64.8 Å². The summed E-state index contributed by atoms with van der Waals surface area (Å²) in [6, 6.07) is 17.2. The van der Waals surface area contributed by atoms with Crippen LogP contribution in [0.1, 0.15) is 23.3 Å². The summed E-state index contributed by atoms with van der Waals surface area (Å²) in [4.78, 5) is 12.0. The topological polar surface area (TPSA) is 63.1 Å². The molecule has 1 aliphatic rings. The van der Waals surface area contributed by atoms with Crippen LogP contribution in [0.4, 0.5) is 0 Å². The highest BCUT2D eigenvalue weighted by molar-refractivity contribution is 8.15. The van der Waals surface area contributed by atoms with Gasteiger partial charge in [0.15, 0.2) is 5.17 Å². The average Bonchev–Trinajstić information content (AvgIpc) is 2.98. The van der Waals surface area contributed by atoms with Gasteiger partial charge in [0.25, 0.3) is 0 Å². The Morgan fingerprint density at radius 3 is 2.62 bits per heavy atom. The molecule has 2 aromatic rings. The Labute approximate surface area is 144 Å². The van der Waals surface area contributed by atoms with Crippen molar-refractivity contribution in [1.82, 2.24) is 5.32 Å². The minimum Gasteiger partial charge on any atom is -0.494 e. The molecule has 1 fully saturated rings. The SMILES string of the molecule is CCOc1ccc(/C=N\N=C2NC(=O)[C@@H](c3ccccc3)S2)cc1. The molecule has 1 heterocycles. The molecule has 0 aromatic heterocycles. The molecule has 0 radical (unpaired) electrons. The standard InChI is InChI=1S/C18H17N3O2S/c1-2-23-15-10-8-13(9-11-15)12-19-21-18-20-17(22)16(24-18)14-6-4-3-5-7-14/h3-12,16H,2H2,1H3,(H,20,21,22)/b19-12-/t16-/m1/s1. The van der Waals surface area contributed by atoms with Gasteiger partial charge in [-0.2, -0.15) is 5.10 Å². The van der Waals surface area contributed by atoms with Gasteiger partial charge in [-0.15, -0.1) is 5.10 Å². The van der Waals surface area contributed by atoms with Gasteiger partial charge < -0.3 is 10.1 Å². The van der Waals surface area contributed by atoms with Gasteiger partial charge in [0, 0.05) is 0 Å². The van der Waals surface area contributed by atoms with Crippen molar-refractivity contribution in [2.45, 2.75) is 12.2 Å². The largest absolute Gasteiger partial charge is 0.494 e. The highest BCUT2D eigenvalue weighted by Crippen LogP contribution is 2.34. The summed E-state index contributed by atoms with van der Waals surface area (Å²) in [7, 11) is 0. The van der Waals surface area contributed by atoms with E-state index in [9.17, 15) is 4.79 Å². The summed E-state index contributed by atoms with van der Waals surface area (Å²) >= 11 is 1.37. The first-order valence-electron chi connectivity index (χ1n) is 7.62. The molecule has 0 bridgehead atoms. The summed E-state index contributed by atoms with van der Waals surface area (Å²) in [6.45, 7) is 2.59. The van der Waals surface area contributed by atoms with Crippen molar-refractivity contribution in [1.29, 1.82) is 0 Å². The van der Waals surface area contributed by atoms with E-state index in [-0.39, 0.29) is 11.2 Å². The molecule has 5 nitrogen and oxygen atoms in total. The maximum Gasteiger partial charge on any atom is 0.244 e. The third kappa shape index (κ3) is 4.02. The summed E-state index contributed by atoms with van der Waals surface area (Å²) in [5.74, 6) is 0.756. The van der Waals surface area contributed by atoms with E-state index in [0.29, 0.717) is 11.8 Å². The van der Waals surface area contributed by atoms with E-state index in [2.05, 4.69) is 15.5 Å². The average molecular weight is 339 g/mol. The molecule has 1 amide bonds. The van der Waals surface area contributed by atoms with E-state index in [4.69, 9.17) is 4.74 Å².